The molecule has 1 aliphatic heterocycles. The van der Waals surface area contributed by atoms with E-state index in [0.717, 1.165) is 49.2 Å². The molecule has 2 aromatic heterocycles. The largest absolute Gasteiger partial charge is 0.351 e. The predicted octanol–water partition coefficient (Wildman–Crippen LogP) is 3.56. The molecule has 0 unspecified atom stereocenters. The predicted molar refractivity (Wildman–Crippen MR) is 113 cm³/mol. The molecular weight excluding hydrogens is 348 g/mol. The average molecular weight is 374 g/mol. The summed E-state index contributed by atoms with van der Waals surface area (Å²) >= 11 is 0. The van der Waals surface area contributed by atoms with Gasteiger partial charge in [-0.05, 0) is 17.5 Å². The molecule has 6 heteroatoms. The standard InChI is InChI=1S/C22H26N6/c1-22(2,3)18-16-19(17-8-5-4-6-9-17)25-26-20(18)27-12-14-28(15-13-27)21-23-10-7-11-24-21/h4-11,16H,12-15H2,1-3H3. The SMILES string of the molecule is CC(C)(C)c1cc(-c2ccccc2)nnc1N1CCN(c2ncccn2)CC1. The summed E-state index contributed by atoms with van der Waals surface area (Å²) in [5.41, 5.74) is 3.23. The van der Waals surface area contributed by atoms with E-state index in [1.165, 1.54) is 5.56 Å². The zero-order chi connectivity index (χ0) is 19.6. The van der Waals surface area contributed by atoms with E-state index >= 15 is 0 Å². The molecule has 28 heavy (non-hydrogen) atoms. The Bertz CT molecular complexity index is 913. The number of nitrogens with zero attached hydrogens (tertiary/aromatic N) is 6. The fourth-order valence-electron chi connectivity index (χ4n) is 3.49. The molecule has 1 aromatic carbocycles. The maximum absolute atomic E-state index is 4.67. The van der Waals surface area contributed by atoms with E-state index in [9.17, 15) is 0 Å². The third-order valence-corrected chi connectivity index (χ3v) is 5.07. The summed E-state index contributed by atoms with van der Waals surface area (Å²) in [5.74, 6) is 1.78. The minimum Gasteiger partial charge on any atom is -0.351 e. The molecule has 0 radical (unpaired) electrons. The van der Waals surface area contributed by atoms with E-state index in [4.69, 9.17) is 0 Å². The molecule has 6 nitrogen and oxygen atoms in total. The van der Waals surface area contributed by atoms with Gasteiger partial charge in [-0.25, -0.2) is 9.97 Å². The van der Waals surface area contributed by atoms with Gasteiger partial charge in [-0.1, -0.05) is 51.1 Å². The molecule has 0 amide bonds. The van der Waals surface area contributed by atoms with Crippen molar-refractivity contribution >= 4 is 11.8 Å². The highest BCUT2D eigenvalue weighted by molar-refractivity contribution is 5.63. The zero-order valence-corrected chi connectivity index (χ0v) is 16.7. The smallest absolute Gasteiger partial charge is 0.225 e. The second-order valence-corrected chi connectivity index (χ2v) is 8.11. The Labute approximate surface area is 166 Å². The molecule has 0 spiro atoms. The Morgan fingerprint density at radius 1 is 0.786 bits per heavy atom. The van der Waals surface area contributed by atoms with Gasteiger partial charge >= 0.3 is 0 Å². The lowest BCUT2D eigenvalue weighted by Gasteiger charge is -2.37. The molecule has 0 N–H and O–H groups in total. The highest BCUT2D eigenvalue weighted by Crippen LogP contribution is 2.33. The van der Waals surface area contributed by atoms with E-state index < -0.39 is 0 Å². The number of anilines is 2. The van der Waals surface area contributed by atoms with E-state index in [2.05, 4.69) is 68.9 Å². The highest BCUT2D eigenvalue weighted by atomic mass is 15.3. The van der Waals surface area contributed by atoms with Crippen LogP contribution in [0.15, 0.2) is 54.9 Å². The minimum atomic E-state index is -0.0194. The first kappa shape index (κ1) is 18.3. The van der Waals surface area contributed by atoms with Crippen LogP contribution in [-0.4, -0.2) is 46.3 Å². The third kappa shape index (κ3) is 3.81. The number of rotatable bonds is 3. The summed E-state index contributed by atoms with van der Waals surface area (Å²) in [7, 11) is 0. The summed E-state index contributed by atoms with van der Waals surface area (Å²) in [6, 6.07) is 14.3. The summed E-state index contributed by atoms with van der Waals surface area (Å²) < 4.78 is 0. The first-order valence-electron chi connectivity index (χ1n) is 9.73. The van der Waals surface area contributed by atoms with Crippen LogP contribution in [0, 0.1) is 0 Å². The van der Waals surface area contributed by atoms with Gasteiger partial charge in [-0.3, -0.25) is 0 Å². The highest BCUT2D eigenvalue weighted by Gasteiger charge is 2.27. The van der Waals surface area contributed by atoms with Gasteiger partial charge in [0, 0.05) is 49.7 Å². The fourth-order valence-corrected chi connectivity index (χ4v) is 3.49. The Morgan fingerprint density at radius 3 is 2.07 bits per heavy atom. The maximum atomic E-state index is 4.67. The number of hydrogen-bond donors (Lipinski definition) is 0. The van der Waals surface area contributed by atoms with Crippen molar-refractivity contribution in [2.75, 3.05) is 36.0 Å². The van der Waals surface area contributed by atoms with Crippen LogP contribution in [0.5, 0.6) is 0 Å². The molecule has 1 saturated heterocycles. The molecule has 3 heterocycles. The van der Waals surface area contributed by atoms with Crippen molar-refractivity contribution in [3.8, 4) is 11.3 Å². The molecule has 1 aliphatic rings. The molecule has 3 aromatic rings. The van der Waals surface area contributed by atoms with Crippen LogP contribution >= 0.6 is 0 Å². The van der Waals surface area contributed by atoms with E-state index in [1.807, 2.05) is 24.3 Å². The second kappa shape index (κ2) is 7.54. The van der Waals surface area contributed by atoms with Crippen LogP contribution in [0.25, 0.3) is 11.3 Å². The Hall–Kier alpha value is -3.02. The number of hydrogen-bond acceptors (Lipinski definition) is 6. The van der Waals surface area contributed by atoms with Crippen LogP contribution in [0.3, 0.4) is 0 Å². The molecular formula is C22H26N6. The number of aromatic nitrogens is 4. The van der Waals surface area contributed by atoms with Gasteiger partial charge in [0.15, 0.2) is 5.82 Å². The number of benzene rings is 1. The molecule has 0 aliphatic carbocycles. The van der Waals surface area contributed by atoms with Crippen molar-refractivity contribution in [3.05, 3.63) is 60.4 Å². The van der Waals surface area contributed by atoms with Crippen molar-refractivity contribution in [2.24, 2.45) is 0 Å². The average Bonchev–Trinajstić information content (AvgIpc) is 2.74. The number of piperazine rings is 1. The van der Waals surface area contributed by atoms with Gasteiger partial charge in [0.2, 0.25) is 5.95 Å². The van der Waals surface area contributed by atoms with Crippen LogP contribution in [0.4, 0.5) is 11.8 Å². The van der Waals surface area contributed by atoms with Gasteiger partial charge in [0.25, 0.3) is 0 Å². The van der Waals surface area contributed by atoms with E-state index in [0.29, 0.717) is 0 Å². The lowest BCUT2D eigenvalue weighted by atomic mass is 9.86. The van der Waals surface area contributed by atoms with Crippen molar-refractivity contribution in [2.45, 2.75) is 26.2 Å². The minimum absolute atomic E-state index is 0.0194. The molecule has 0 bridgehead atoms. The Balaban J connectivity index is 1.59. The molecule has 144 valence electrons. The monoisotopic (exact) mass is 374 g/mol. The quantitative estimate of drug-likeness (QED) is 0.699. The van der Waals surface area contributed by atoms with E-state index in [1.54, 1.807) is 12.4 Å². The molecule has 4 rings (SSSR count). The first-order chi connectivity index (χ1) is 13.5. The topological polar surface area (TPSA) is 58.0 Å². The van der Waals surface area contributed by atoms with Gasteiger partial charge < -0.3 is 9.80 Å². The first-order valence-corrected chi connectivity index (χ1v) is 9.73. The summed E-state index contributed by atoms with van der Waals surface area (Å²) in [6.45, 7) is 10.2. The van der Waals surface area contributed by atoms with Gasteiger partial charge in [0.05, 0.1) is 5.69 Å². The Kier molecular flexibility index (Phi) is 4.94. The van der Waals surface area contributed by atoms with Crippen LogP contribution in [-0.2, 0) is 5.41 Å². The Morgan fingerprint density at radius 2 is 1.43 bits per heavy atom. The van der Waals surface area contributed by atoms with Crippen LogP contribution in [0.2, 0.25) is 0 Å². The second-order valence-electron chi connectivity index (χ2n) is 8.11. The summed E-state index contributed by atoms with van der Waals surface area (Å²) in [6.07, 6.45) is 3.58. The maximum Gasteiger partial charge on any atom is 0.225 e. The van der Waals surface area contributed by atoms with Gasteiger partial charge in [0.1, 0.15) is 0 Å². The van der Waals surface area contributed by atoms with Crippen molar-refractivity contribution < 1.29 is 0 Å². The molecule has 1 fully saturated rings. The van der Waals surface area contributed by atoms with Crippen LogP contribution < -0.4 is 9.80 Å². The summed E-state index contributed by atoms with van der Waals surface area (Å²) in [4.78, 5) is 13.3. The third-order valence-electron chi connectivity index (χ3n) is 5.07. The van der Waals surface area contributed by atoms with Gasteiger partial charge in [-0.2, -0.15) is 0 Å². The fraction of sp³-hybridized carbons (Fsp3) is 0.364. The van der Waals surface area contributed by atoms with Crippen molar-refractivity contribution in [3.63, 3.8) is 0 Å². The van der Waals surface area contributed by atoms with E-state index in [-0.39, 0.29) is 5.41 Å². The molecule has 0 saturated carbocycles. The lowest BCUT2D eigenvalue weighted by Crippen LogP contribution is -2.48. The van der Waals surface area contributed by atoms with Gasteiger partial charge in [-0.15, -0.1) is 10.2 Å². The van der Waals surface area contributed by atoms with Crippen molar-refractivity contribution in [1.29, 1.82) is 0 Å². The normalized spacial score (nSPS) is 15.0. The summed E-state index contributed by atoms with van der Waals surface area (Å²) in [5, 5.41) is 9.21. The molecule has 0 atom stereocenters. The lowest BCUT2D eigenvalue weighted by molar-refractivity contribution is 0.570. The van der Waals surface area contributed by atoms with Crippen molar-refractivity contribution in [1.82, 2.24) is 20.2 Å². The zero-order valence-electron chi connectivity index (χ0n) is 16.7. The van der Waals surface area contributed by atoms with Crippen LogP contribution in [0.1, 0.15) is 26.3 Å².